The molecule has 0 spiro atoms. The van der Waals surface area contributed by atoms with E-state index in [1.807, 2.05) is 25.1 Å². The molecular formula is C17H15BrN4O2. The Morgan fingerprint density at radius 2 is 2.04 bits per heavy atom. The number of furan rings is 1. The Morgan fingerprint density at radius 3 is 2.71 bits per heavy atom. The molecule has 0 fully saturated rings. The number of carbonyl (C=O) groups excluding carboxylic acids is 1. The lowest BCUT2D eigenvalue weighted by atomic mass is 10.2. The molecule has 0 bridgehead atoms. The maximum Gasteiger partial charge on any atom is 0.254 e. The molecular weight excluding hydrogens is 372 g/mol. The predicted molar refractivity (Wildman–Crippen MR) is 94.1 cm³/mol. The van der Waals surface area contributed by atoms with E-state index in [9.17, 15) is 4.79 Å². The summed E-state index contributed by atoms with van der Waals surface area (Å²) < 4.78 is 6.16. The summed E-state index contributed by atoms with van der Waals surface area (Å²) in [7, 11) is 0. The van der Waals surface area contributed by atoms with Gasteiger partial charge in [0.2, 0.25) is 5.95 Å². The van der Waals surface area contributed by atoms with Gasteiger partial charge in [0.1, 0.15) is 5.76 Å². The van der Waals surface area contributed by atoms with Gasteiger partial charge in [-0.3, -0.25) is 4.79 Å². The third-order valence-corrected chi connectivity index (χ3v) is 4.20. The summed E-state index contributed by atoms with van der Waals surface area (Å²) in [5, 5.41) is 5.84. The second-order valence-corrected chi connectivity index (χ2v) is 6.00. The third-order valence-electron chi connectivity index (χ3n) is 3.35. The predicted octanol–water partition coefficient (Wildman–Crippen LogP) is 3.81. The zero-order chi connectivity index (χ0) is 16.9. The normalized spacial score (nSPS) is 10.4. The minimum absolute atomic E-state index is 0.254. The van der Waals surface area contributed by atoms with E-state index in [1.165, 1.54) is 12.4 Å². The smallest absolute Gasteiger partial charge is 0.254 e. The maximum absolute atomic E-state index is 12.0. The van der Waals surface area contributed by atoms with Crippen molar-refractivity contribution in [2.24, 2.45) is 0 Å². The van der Waals surface area contributed by atoms with Crippen LogP contribution in [-0.2, 0) is 6.54 Å². The largest absolute Gasteiger partial charge is 0.467 e. The van der Waals surface area contributed by atoms with E-state index >= 15 is 0 Å². The van der Waals surface area contributed by atoms with Gasteiger partial charge in [-0.25, -0.2) is 9.97 Å². The number of carbonyl (C=O) groups is 1. The van der Waals surface area contributed by atoms with Crippen LogP contribution < -0.4 is 10.6 Å². The molecule has 6 nitrogen and oxygen atoms in total. The van der Waals surface area contributed by atoms with E-state index in [1.54, 1.807) is 18.4 Å². The van der Waals surface area contributed by atoms with Crippen molar-refractivity contribution in [2.75, 3.05) is 5.32 Å². The molecule has 1 aromatic carbocycles. The van der Waals surface area contributed by atoms with Crippen molar-refractivity contribution in [3.63, 3.8) is 0 Å². The summed E-state index contributed by atoms with van der Waals surface area (Å²) in [5.74, 6) is 0.858. The second kappa shape index (κ2) is 7.27. The molecule has 0 aliphatic rings. The first-order chi connectivity index (χ1) is 11.6. The number of amides is 1. The van der Waals surface area contributed by atoms with Crippen molar-refractivity contribution in [1.82, 2.24) is 15.3 Å². The number of rotatable bonds is 5. The van der Waals surface area contributed by atoms with Gasteiger partial charge in [-0.05, 0) is 36.8 Å². The molecule has 2 aromatic heterocycles. The SMILES string of the molecule is Cc1ccc(Nc2ncc(C(=O)NCc3ccco3)cn2)cc1Br. The van der Waals surface area contributed by atoms with Crippen LogP contribution in [0.3, 0.4) is 0 Å². The minimum Gasteiger partial charge on any atom is -0.467 e. The summed E-state index contributed by atoms with van der Waals surface area (Å²) >= 11 is 3.48. The Hall–Kier alpha value is -2.67. The highest BCUT2D eigenvalue weighted by atomic mass is 79.9. The lowest BCUT2D eigenvalue weighted by molar-refractivity contribution is 0.0947. The first-order valence-electron chi connectivity index (χ1n) is 7.27. The van der Waals surface area contributed by atoms with Crippen molar-refractivity contribution in [2.45, 2.75) is 13.5 Å². The van der Waals surface area contributed by atoms with Crippen molar-refractivity contribution < 1.29 is 9.21 Å². The Balaban J connectivity index is 1.62. The molecule has 0 aliphatic heterocycles. The molecule has 0 unspecified atom stereocenters. The zero-order valence-electron chi connectivity index (χ0n) is 12.9. The fourth-order valence-corrected chi connectivity index (χ4v) is 2.37. The first-order valence-corrected chi connectivity index (χ1v) is 8.07. The molecule has 7 heteroatoms. The minimum atomic E-state index is -0.254. The van der Waals surface area contributed by atoms with E-state index in [2.05, 4.69) is 36.5 Å². The third kappa shape index (κ3) is 3.99. The van der Waals surface area contributed by atoms with E-state index in [-0.39, 0.29) is 5.91 Å². The van der Waals surface area contributed by atoms with Crippen LogP contribution in [0.2, 0.25) is 0 Å². The average molecular weight is 387 g/mol. The van der Waals surface area contributed by atoms with Gasteiger partial charge in [-0.1, -0.05) is 22.0 Å². The lowest BCUT2D eigenvalue weighted by Crippen LogP contribution is -2.22. The van der Waals surface area contributed by atoms with Crippen LogP contribution in [-0.4, -0.2) is 15.9 Å². The summed E-state index contributed by atoms with van der Waals surface area (Å²) in [5.41, 5.74) is 2.39. The van der Waals surface area contributed by atoms with Gasteiger partial charge < -0.3 is 15.1 Å². The number of benzene rings is 1. The molecule has 24 heavy (non-hydrogen) atoms. The highest BCUT2D eigenvalue weighted by Gasteiger charge is 2.08. The Kier molecular flexibility index (Phi) is 4.90. The molecule has 0 radical (unpaired) electrons. The number of nitrogens with zero attached hydrogens (tertiary/aromatic N) is 2. The summed E-state index contributed by atoms with van der Waals surface area (Å²) in [6, 6.07) is 9.44. The summed E-state index contributed by atoms with van der Waals surface area (Å²) in [6.45, 7) is 2.34. The highest BCUT2D eigenvalue weighted by Crippen LogP contribution is 2.22. The van der Waals surface area contributed by atoms with Gasteiger partial charge in [0.15, 0.2) is 0 Å². The van der Waals surface area contributed by atoms with Crippen LogP contribution in [0.5, 0.6) is 0 Å². The van der Waals surface area contributed by atoms with Crippen LogP contribution >= 0.6 is 15.9 Å². The Morgan fingerprint density at radius 1 is 1.25 bits per heavy atom. The molecule has 0 saturated heterocycles. The van der Waals surface area contributed by atoms with Crippen molar-refractivity contribution in [3.8, 4) is 0 Å². The molecule has 2 N–H and O–H groups in total. The number of halogens is 1. The molecule has 1 amide bonds. The van der Waals surface area contributed by atoms with E-state index in [0.717, 1.165) is 15.7 Å². The van der Waals surface area contributed by atoms with Crippen molar-refractivity contribution >= 4 is 33.5 Å². The standard InChI is InChI=1S/C17H15BrN4O2/c1-11-4-5-13(7-15(11)18)22-17-20-8-12(9-21-17)16(23)19-10-14-3-2-6-24-14/h2-9H,10H2,1H3,(H,19,23)(H,20,21,22). The average Bonchev–Trinajstić information content (AvgIpc) is 3.10. The van der Waals surface area contributed by atoms with Crippen LogP contribution in [0.4, 0.5) is 11.6 Å². The van der Waals surface area contributed by atoms with E-state index < -0.39 is 0 Å². The molecule has 2 heterocycles. The van der Waals surface area contributed by atoms with Crippen LogP contribution in [0, 0.1) is 6.92 Å². The van der Waals surface area contributed by atoms with Gasteiger partial charge in [-0.2, -0.15) is 0 Å². The van der Waals surface area contributed by atoms with Gasteiger partial charge in [0, 0.05) is 22.6 Å². The fourth-order valence-electron chi connectivity index (χ4n) is 1.99. The molecule has 0 atom stereocenters. The number of aromatic nitrogens is 2. The van der Waals surface area contributed by atoms with E-state index in [0.29, 0.717) is 23.8 Å². The summed E-state index contributed by atoms with van der Waals surface area (Å²) in [4.78, 5) is 20.4. The topological polar surface area (TPSA) is 80.0 Å². The van der Waals surface area contributed by atoms with Gasteiger partial charge in [0.05, 0.1) is 18.4 Å². The summed E-state index contributed by atoms with van der Waals surface area (Å²) in [6.07, 6.45) is 4.53. The molecule has 122 valence electrons. The first kappa shape index (κ1) is 16.2. The molecule has 0 saturated carbocycles. The van der Waals surface area contributed by atoms with Gasteiger partial charge >= 0.3 is 0 Å². The van der Waals surface area contributed by atoms with Gasteiger partial charge in [0.25, 0.3) is 5.91 Å². The lowest BCUT2D eigenvalue weighted by Gasteiger charge is -2.07. The Labute approximate surface area is 147 Å². The van der Waals surface area contributed by atoms with Crippen LogP contribution in [0.25, 0.3) is 0 Å². The van der Waals surface area contributed by atoms with Crippen LogP contribution in [0.1, 0.15) is 21.7 Å². The molecule has 3 rings (SSSR count). The van der Waals surface area contributed by atoms with Crippen molar-refractivity contribution in [3.05, 3.63) is 70.3 Å². The monoisotopic (exact) mass is 386 g/mol. The number of hydrogen-bond acceptors (Lipinski definition) is 5. The molecule has 3 aromatic rings. The number of hydrogen-bond donors (Lipinski definition) is 2. The molecule has 0 aliphatic carbocycles. The number of nitrogens with one attached hydrogen (secondary N) is 2. The Bertz CT molecular complexity index is 832. The maximum atomic E-state index is 12.0. The van der Waals surface area contributed by atoms with Crippen molar-refractivity contribution in [1.29, 1.82) is 0 Å². The van der Waals surface area contributed by atoms with E-state index in [4.69, 9.17) is 4.42 Å². The quantitative estimate of drug-likeness (QED) is 0.696. The van der Waals surface area contributed by atoms with Gasteiger partial charge in [-0.15, -0.1) is 0 Å². The number of anilines is 2. The highest BCUT2D eigenvalue weighted by molar-refractivity contribution is 9.10. The van der Waals surface area contributed by atoms with Crippen LogP contribution in [0.15, 0.2) is 57.9 Å². The fraction of sp³-hybridized carbons (Fsp3) is 0.118. The number of aryl methyl sites for hydroxylation is 1. The zero-order valence-corrected chi connectivity index (χ0v) is 14.5. The second-order valence-electron chi connectivity index (χ2n) is 5.15.